The van der Waals surface area contributed by atoms with Gasteiger partial charge in [-0.15, -0.1) is 0 Å². The first kappa shape index (κ1) is 18.3. The maximum atomic E-state index is 13.1. The van der Waals surface area contributed by atoms with Gasteiger partial charge in [0.25, 0.3) is 0 Å². The van der Waals surface area contributed by atoms with E-state index in [4.69, 9.17) is 9.94 Å². The van der Waals surface area contributed by atoms with E-state index in [1.54, 1.807) is 24.7 Å². The van der Waals surface area contributed by atoms with Crippen LogP contribution in [0.2, 0.25) is 0 Å². The molecule has 1 aromatic rings. The van der Waals surface area contributed by atoms with Crippen LogP contribution in [-0.2, 0) is 9.59 Å². The van der Waals surface area contributed by atoms with Crippen molar-refractivity contribution >= 4 is 11.8 Å². The van der Waals surface area contributed by atoms with E-state index in [1.165, 1.54) is 0 Å². The molecule has 0 bridgehead atoms. The summed E-state index contributed by atoms with van der Waals surface area (Å²) in [5.41, 5.74) is 2.48. The topological polar surface area (TPSA) is 78.9 Å². The number of nitrogens with one attached hydrogen (secondary N) is 1. The molecule has 2 atom stereocenters. The standard InChI is InChI=1S/C18H26N2O4/c1-3-15(17(21)19-23)16(13-7-9-14(24-2)10-8-13)18(22)20-11-5-4-6-12-20/h7-10,15-16,23H,3-6,11-12H2,1-2H3,(H,19,21)/t15-,16+/m0/s1. The highest BCUT2D eigenvalue weighted by molar-refractivity contribution is 5.91. The molecule has 0 radical (unpaired) electrons. The molecule has 0 saturated carbocycles. The maximum absolute atomic E-state index is 13.1. The Hall–Kier alpha value is -2.08. The Kier molecular flexibility index (Phi) is 6.61. The highest BCUT2D eigenvalue weighted by atomic mass is 16.5. The van der Waals surface area contributed by atoms with Crippen molar-refractivity contribution in [3.63, 3.8) is 0 Å². The molecule has 0 aromatic heterocycles. The molecule has 1 aliphatic rings. The average molecular weight is 334 g/mol. The van der Waals surface area contributed by atoms with Crippen LogP contribution in [0.5, 0.6) is 5.75 Å². The van der Waals surface area contributed by atoms with Gasteiger partial charge in [0.05, 0.1) is 18.9 Å². The van der Waals surface area contributed by atoms with Crippen molar-refractivity contribution in [2.45, 2.75) is 38.5 Å². The third kappa shape index (κ3) is 4.06. The summed E-state index contributed by atoms with van der Waals surface area (Å²) in [5, 5.41) is 9.06. The largest absolute Gasteiger partial charge is 0.497 e. The summed E-state index contributed by atoms with van der Waals surface area (Å²) in [4.78, 5) is 27.1. The number of nitrogens with zero attached hydrogens (tertiary/aromatic N) is 1. The van der Waals surface area contributed by atoms with Gasteiger partial charge >= 0.3 is 0 Å². The third-order valence-corrected chi connectivity index (χ3v) is 4.70. The molecule has 2 rings (SSSR count). The minimum absolute atomic E-state index is 0.0460. The van der Waals surface area contributed by atoms with Crippen LogP contribution in [-0.4, -0.2) is 42.1 Å². The zero-order valence-electron chi connectivity index (χ0n) is 14.3. The predicted molar refractivity (Wildman–Crippen MR) is 89.9 cm³/mol. The number of methoxy groups -OCH3 is 1. The van der Waals surface area contributed by atoms with E-state index >= 15 is 0 Å². The van der Waals surface area contributed by atoms with Gasteiger partial charge in [-0.3, -0.25) is 14.8 Å². The van der Waals surface area contributed by atoms with Gasteiger partial charge in [-0.05, 0) is 43.4 Å². The average Bonchev–Trinajstić information content (AvgIpc) is 2.65. The smallest absolute Gasteiger partial charge is 0.247 e. The molecule has 0 spiro atoms. The molecule has 24 heavy (non-hydrogen) atoms. The summed E-state index contributed by atoms with van der Waals surface area (Å²) in [5.74, 6) is -1.09. The molecule has 1 aromatic carbocycles. The van der Waals surface area contributed by atoms with E-state index in [0.717, 1.165) is 37.9 Å². The highest BCUT2D eigenvalue weighted by Crippen LogP contribution is 2.32. The normalized spacial score (nSPS) is 17.0. The first-order valence-corrected chi connectivity index (χ1v) is 8.49. The molecule has 1 aliphatic heterocycles. The Balaban J connectivity index is 2.34. The summed E-state index contributed by atoms with van der Waals surface area (Å²) in [6.45, 7) is 3.30. The van der Waals surface area contributed by atoms with Crippen molar-refractivity contribution < 1.29 is 19.5 Å². The number of piperidine rings is 1. The number of hydrogen-bond acceptors (Lipinski definition) is 4. The molecule has 1 saturated heterocycles. The number of amides is 2. The lowest BCUT2D eigenvalue weighted by Gasteiger charge is -2.33. The maximum Gasteiger partial charge on any atom is 0.247 e. The summed E-state index contributed by atoms with van der Waals surface area (Å²) >= 11 is 0. The second-order valence-electron chi connectivity index (χ2n) is 6.13. The molecule has 0 aliphatic carbocycles. The molecule has 1 heterocycles. The molecular formula is C18H26N2O4. The van der Waals surface area contributed by atoms with E-state index in [9.17, 15) is 9.59 Å². The van der Waals surface area contributed by atoms with Crippen molar-refractivity contribution in [1.29, 1.82) is 0 Å². The van der Waals surface area contributed by atoms with Crippen LogP contribution in [0.1, 0.15) is 44.1 Å². The summed E-state index contributed by atoms with van der Waals surface area (Å²) in [7, 11) is 1.58. The number of likely N-dealkylation sites (tertiary alicyclic amines) is 1. The lowest BCUT2D eigenvalue weighted by molar-refractivity contribution is -0.142. The number of hydrogen-bond donors (Lipinski definition) is 2. The van der Waals surface area contributed by atoms with Crippen molar-refractivity contribution in [3.05, 3.63) is 29.8 Å². The van der Waals surface area contributed by atoms with Crippen LogP contribution in [0, 0.1) is 5.92 Å². The summed E-state index contributed by atoms with van der Waals surface area (Å²) in [6.07, 6.45) is 3.57. The minimum Gasteiger partial charge on any atom is -0.497 e. The summed E-state index contributed by atoms with van der Waals surface area (Å²) < 4.78 is 5.17. The molecule has 132 valence electrons. The van der Waals surface area contributed by atoms with Crippen LogP contribution in [0.4, 0.5) is 0 Å². The molecule has 0 unspecified atom stereocenters. The van der Waals surface area contributed by atoms with Crippen LogP contribution in [0.3, 0.4) is 0 Å². The number of hydroxylamine groups is 1. The highest BCUT2D eigenvalue weighted by Gasteiger charge is 2.36. The van der Waals surface area contributed by atoms with Gasteiger partial charge in [0.15, 0.2) is 0 Å². The Morgan fingerprint density at radius 3 is 2.33 bits per heavy atom. The molecule has 6 nitrogen and oxygen atoms in total. The Morgan fingerprint density at radius 2 is 1.83 bits per heavy atom. The van der Waals surface area contributed by atoms with Crippen molar-refractivity contribution in [2.24, 2.45) is 5.92 Å². The van der Waals surface area contributed by atoms with Crippen LogP contribution < -0.4 is 10.2 Å². The first-order valence-electron chi connectivity index (χ1n) is 8.49. The van der Waals surface area contributed by atoms with Crippen LogP contribution >= 0.6 is 0 Å². The zero-order chi connectivity index (χ0) is 17.5. The second kappa shape index (κ2) is 8.68. The molecular weight excluding hydrogens is 308 g/mol. The van der Waals surface area contributed by atoms with E-state index in [1.807, 2.05) is 24.0 Å². The van der Waals surface area contributed by atoms with Crippen LogP contribution in [0.15, 0.2) is 24.3 Å². The Bertz CT molecular complexity index is 553. The molecule has 1 fully saturated rings. The zero-order valence-corrected chi connectivity index (χ0v) is 14.3. The second-order valence-corrected chi connectivity index (χ2v) is 6.13. The lowest BCUT2D eigenvalue weighted by atomic mass is 9.82. The van der Waals surface area contributed by atoms with Gasteiger partial charge in [-0.1, -0.05) is 19.1 Å². The predicted octanol–water partition coefficient (Wildman–Crippen LogP) is 2.32. The number of carbonyl (C=O) groups is 2. The van der Waals surface area contributed by atoms with Crippen molar-refractivity contribution in [2.75, 3.05) is 20.2 Å². The SMILES string of the molecule is CC[C@H](C(=O)NO)[C@H](C(=O)N1CCCCC1)c1ccc(OC)cc1. The summed E-state index contributed by atoms with van der Waals surface area (Å²) in [6, 6.07) is 7.21. The fourth-order valence-electron chi connectivity index (χ4n) is 3.32. The van der Waals surface area contributed by atoms with E-state index in [2.05, 4.69) is 0 Å². The minimum atomic E-state index is -0.613. The first-order chi connectivity index (χ1) is 11.6. The fourth-order valence-corrected chi connectivity index (χ4v) is 3.32. The van der Waals surface area contributed by atoms with E-state index < -0.39 is 17.7 Å². The Morgan fingerprint density at radius 1 is 1.21 bits per heavy atom. The van der Waals surface area contributed by atoms with Gasteiger partial charge < -0.3 is 9.64 Å². The molecule has 2 N–H and O–H groups in total. The quantitative estimate of drug-likeness (QED) is 0.618. The van der Waals surface area contributed by atoms with Crippen LogP contribution in [0.25, 0.3) is 0 Å². The van der Waals surface area contributed by atoms with Gasteiger partial charge in [0.2, 0.25) is 11.8 Å². The van der Waals surface area contributed by atoms with Gasteiger partial charge in [0, 0.05) is 13.1 Å². The number of benzene rings is 1. The molecule has 2 amide bonds. The monoisotopic (exact) mass is 334 g/mol. The fraction of sp³-hybridized carbons (Fsp3) is 0.556. The van der Waals surface area contributed by atoms with E-state index in [-0.39, 0.29) is 5.91 Å². The number of rotatable bonds is 6. The van der Waals surface area contributed by atoms with Gasteiger partial charge in [-0.2, -0.15) is 0 Å². The molecule has 6 heteroatoms. The lowest BCUT2D eigenvalue weighted by Crippen LogP contribution is -2.44. The Labute approximate surface area is 142 Å². The van der Waals surface area contributed by atoms with Crippen molar-refractivity contribution in [1.82, 2.24) is 10.4 Å². The third-order valence-electron chi connectivity index (χ3n) is 4.70. The van der Waals surface area contributed by atoms with Gasteiger partial charge in [-0.25, -0.2) is 5.48 Å². The number of ether oxygens (including phenoxy) is 1. The van der Waals surface area contributed by atoms with Crippen molar-refractivity contribution in [3.8, 4) is 5.75 Å². The number of carbonyl (C=O) groups excluding carboxylic acids is 2. The van der Waals surface area contributed by atoms with E-state index in [0.29, 0.717) is 12.2 Å². The van der Waals surface area contributed by atoms with Gasteiger partial charge in [0.1, 0.15) is 5.75 Å².